The molecule has 3 aromatic rings. The lowest BCUT2D eigenvalue weighted by molar-refractivity contribution is -0.121. The number of sulfonamides is 1. The van der Waals surface area contributed by atoms with Crippen LogP contribution in [0.15, 0.2) is 51.9 Å². The van der Waals surface area contributed by atoms with Gasteiger partial charge in [-0.3, -0.25) is 4.79 Å². The highest BCUT2D eigenvalue weighted by Crippen LogP contribution is 2.19. The molecular formula is C20H20ClFN4O4S. The van der Waals surface area contributed by atoms with E-state index in [2.05, 4.69) is 20.2 Å². The van der Waals surface area contributed by atoms with Crippen molar-refractivity contribution in [3.63, 3.8) is 0 Å². The zero-order chi connectivity index (χ0) is 22.4. The lowest BCUT2D eigenvalue weighted by Crippen LogP contribution is -2.34. The Hall–Kier alpha value is -2.82. The Balaban J connectivity index is 1.43. The van der Waals surface area contributed by atoms with Crippen molar-refractivity contribution in [2.75, 3.05) is 13.1 Å². The molecule has 1 heterocycles. The van der Waals surface area contributed by atoms with Gasteiger partial charge in [-0.2, -0.15) is 4.98 Å². The standard InChI is InChI=1S/C20H20ClFN4O4S/c1-13-5-6-14(11-17(13)22)20-25-19(30-26-20)8-7-18(27)23-9-10-24-31(28,29)16-4-2-3-15(21)12-16/h2-6,11-12,24H,7-10H2,1H3,(H,23,27). The molecule has 0 fully saturated rings. The Kier molecular flexibility index (Phi) is 7.37. The molecule has 0 bridgehead atoms. The highest BCUT2D eigenvalue weighted by Gasteiger charge is 2.14. The molecule has 0 saturated heterocycles. The third kappa shape index (κ3) is 6.33. The number of hydrogen-bond acceptors (Lipinski definition) is 6. The third-order valence-corrected chi connectivity index (χ3v) is 6.00. The molecule has 31 heavy (non-hydrogen) atoms. The fraction of sp³-hybridized carbons (Fsp3) is 0.250. The van der Waals surface area contributed by atoms with Crippen molar-refractivity contribution in [1.82, 2.24) is 20.2 Å². The molecule has 8 nitrogen and oxygen atoms in total. The van der Waals surface area contributed by atoms with Crippen LogP contribution in [0.5, 0.6) is 0 Å². The lowest BCUT2D eigenvalue weighted by atomic mass is 10.1. The van der Waals surface area contributed by atoms with Gasteiger partial charge in [-0.05, 0) is 36.8 Å². The van der Waals surface area contributed by atoms with Gasteiger partial charge in [0, 0.05) is 36.5 Å². The smallest absolute Gasteiger partial charge is 0.240 e. The van der Waals surface area contributed by atoms with Crippen LogP contribution in [0.2, 0.25) is 5.02 Å². The number of nitrogens with zero attached hydrogens (tertiary/aromatic N) is 2. The predicted molar refractivity (Wildman–Crippen MR) is 112 cm³/mol. The van der Waals surface area contributed by atoms with E-state index in [0.29, 0.717) is 16.1 Å². The summed E-state index contributed by atoms with van der Waals surface area (Å²) in [7, 11) is -3.71. The van der Waals surface area contributed by atoms with Gasteiger partial charge >= 0.3 is 0 Å². The van der Waals surface area contributed by atoms with E-state index < -0.39 is 10.0 Å². The van der Waals surface area contributed by atoms with Crippen LogP contribution in [0.4, 0.5) is 4.39 Å². The van der Waals surface area contributed by atoms with Crippen LogP contribution in [0.1, 0.15) is 17.9 Å². The summed E-state index contributed by atoms with van der Waals surface area (Å²) in [6, 6.07) is 10.5. The maximum Gasteiger partial charge on any atom is 0.240 e. The predicted octanol–water partition coefficient (Wildman–Crippen LogP) is 2.86. The van der Waals surface area contributed by atoms with Crippen molar-refractivity contribution in [2.45, 2.75) is 24.7 Å². The molecule has 0 aliphatic rings. The zero-order valence-electron chi connectivity index (χ0n) is 16.6. The minimum absolute atomic E-state index is 0.0181. The summed E-state index contributed by atoms with van der Waals surface area (Å²) in [4.78, 5) is 16.2. The first-order valence-corrected chi connectivity index (χ1v) is 11.2. The number of aryl methyl sites for hydroxylation is 2. The number of hydrogen-bond donors (Lipinski definition) is 2. The normalized spacial score (nSPS) is 11.5. The summed E-state index contributed by atoms with van der Waals surface area (Å²) in [6.07, 6.45) is 0.270. The molecule has 0 saturated carbocycles. The maximum absolute atomic E-state index is 13.7. The average molecular weight is 467 g/mol. The first-order chi connectivity index (χ1) is 14.7. The minimum Gasteiger partial charge on any atom is -0.355 e. The van der Waals surface area contributed by atoms with Crippen LogP contribution in [0.3, 0.4) is 0 Å². The molecule has 0 unspecified atom stereocenters. The summed E-state index contributed by atoms with van der Waals surface area (Å²) in [5, 5.41) is 6.72. The number of nitrogens with one attached hydrogen (secondary N) is 2. The fourth-order valence-electron chi connectivity index (χ4n) is 2.62. The number of benzene rings is 2. The number of rotatable bonds is 9. The van der Waals surface area contributed by atoms with E-state index in [1.165, 1.54) is 24.3 Å². The Labute approximate surface area is 183 Å². The summed E-state index contributed by atoms with van der Waals surface area (Å²) < 4.78 is 45.5. The zero-order valence-corrected chi connectivity index (χ0v) is 18.1. The van der Waals surface area contributed by atoms with Gasteiger partial charge in [0.25, 0.3) is 0 Å². The van der Waals surface area contributed by atoms with Crippen LogP contribution in [-0.4, -0.2) is 37.6 Å². The van der Waals surface area contributed by atoms with E-state index in [9.17, 15) is 17.6 Å². The second kappa shape index (κ2) is 9.99. The molecule has 1 amide bonds. The van der Waals surface area contributed by atoms with Gasteiger partial charge in [-0.15, -0.1) is 0 Å². The molecule has 2 aromatic carbocycles. The Morgan fingerprint density at radius 1 is 1.19 bits per heavy atom. The average Bonchev–Trinajstić information content (AvgIpc) is 3.21. The van der Waals surface area contributed by atoms with Gasteiger partial charge < -0.3 is 9.84 Å². The molecule has 3 rings (SSSR count). The number of halogens is 2. The van der Waals surface area contributed by atoms with Crippen molar-refractivity contribution >= 4 is 27.5 Å². The van der Waals surface area contributed by atoms with Gasteiger partial charge in [0.2, 0.25) is 27.6 Å². The van der Waals surface area contributed by atoms with Gasteiger partial charge in [0.1, 0.15) is 5.82 Å². The van der Waals surface area contributed by atoms with Crippen LogP contribution < -0.4 is 10.0 Å². The summed E-state index contributed by atoms with van der Waals surface area (Å²) in [6.45, 7) is 1.78. The Bertz CT molecular complexity index is 1180. The van der Waals surface area contributed by atoms with Crippen LogP contribution in [-0.2, 0) is 21.2 Å². The van der Waals surface area contributed by atoms with E-state index in [-0.39, 0.29) is 54.3 Å². The first-order valence-electron chi connectivity index (χ1n) is 9.35. The van der Waals surface area contributed by atoms with E-state index in [1.807, 2.05) is 0 Å². The summed E-state index contributed by atoms with van der Waals surface area (Å²) in [5.74, 6) is -0.185. The van der Waals surface area contributed by atoms with E-state index in [1.54, 1.807) is 25.1 Å². The van der Waals surface area contributed by atoms with E-state index >= 15 is 0 Å². The molecule has 0 aliphatic carbocycles. The van der Waals surface area contributed by atoms with E-state index in [0.717, 1.165) is 0 Å². The number of aromatic nitrogens is 2. The maximum atomic E-state index is 13.7. The molecule has 164 valence electrons. The Morgan fingerprint density at radius 3 is 2.74 bits per heavy atom. The quantitative estimate of drug-likeness (QED) is 0.469. The second-order valence-corrected chi connectivity index (χ2v) is 8.88. The van der Waals surface area contributed by atoms with Crippen molar-refractivity contribution in [1.29, 1.82) is 0 Å². The number of amides is 1. The highest BCUT2D eigenvalue weighted by molar-refractivity contribution is 7.89. The molecule has 11 heteroatoms. The monoisotopic (exact) mass is 466 g/mol. The van der Waals surface area contributed by atoms with Crippen molar-refractivity contribution in [3.05, 3.63) is 64.8 Å². The topological polar surface area (TPSA) is 114 Å². The van der Waals surface area contributed by atoms with E-state index in [4.69, 9.17) is 16.1 Å². The largest absolute Gasteiger partial charge is 0.355 e. The third-order valence-electron chi connectivity index (χ3n) is 4.31. The number of carbonyl (C=O) groups excluding carboxylic acids is 1. The first kappa shape index (κ1) is 22.9. The minimum atomic E-state index is -3.71. The molecule has 0 radical (unpaired) electrons. The van der Waals surface area contributed by atoms with Gasteiger partial charge in [0.15, 0.2) is 0 Å². The molecular weight excluding hydrogens is 447 g/mol. The summed E-state index contributed by atoms with van der Waals surface area (Å²) >= 11 is 5.81. The van der Waals surface area contributed by atoms with Crippen LogP contribution in [0, 0.1) is 12.7 Å². The van der Waals surface area contributed by atoms with Gasteiger partial charge in [-0.25, -0.2) is 17.5 Å². The molecule has 0 atom stereocenters. The SMILES string of the molecule is Cc1ccc(-c2noc(CCC(=O)NCCNS(=O)(=O)c3cccc(Cl)c3)n2)cc1F. The van der Waals surface area contributed by atoms with Crippen LogP contribution >= 0.6 is 11.6 Å². The number of carbonyl (C=O) groups is 1. The van der Waals surface area contributed by atoms with Crippen LogP contribution in [0.25, 0.3) is 11.4 Å². The fourth-order valence-corrected chi connectivity index (χ4v) is 3.95. The van der Waals surface area contributed by atoms with Gasteiger partial charge in [-0.1, -0.05) is 35.0 Å². The lowest BCUT2D eigenvalue weighted by Gasteiger charge is -2.08. The Morgan fingerprint density at radius 2 is 2.00 bits per heavy atom. The summed E-state index contributed by atoms with van der Waals surface area (Å²) in [5.41, 5.74) is 0.994. The van der Waals surface area contributed by atoms with Crippen molar-refractivity contribution in [3.8, 4) is 11.4 Å². The highest BCUT2D eigenvalue weighted by atomic mass is 35.5. The molecule has 1 aromatic heterocycles. The van der Waals surface area contributed by atoms with Gasteiger partial charge in [0.05, 0.1) is 4.90 Å². The molecule has 0 aliphatic heterocycles. The molecule has 0 spiro atoms. The molecule has 2 N–H and O–H groups in total. The van der Waals surface area contributed by atoms with Crippen molar-refractivity contribution < 1.29 is 22.1 Å². The second-order valence-electron chi connectivity index (χ2n) is 6.68. The van der Waals surface area contributed by atoms with Crippen molar-refractivity contribution in [2.24, 2.45) is 0 Å².